The molecule has 1 aromatic heterocycles. The normalized spacial score (nSPS) is 12.3. The van der Waals surface area contributed by atoms with E-state index in [2.05, 4.69) is 14.7 Å². The molecule has 3 rings (SSSR count). The van der Waals surface area contributed by atoms with Crippen LogP contribution in [0.2, 0.25) is 0 Å². The number of hydrogen-bond acceptors (Lipinski definition) is 6. The zero-order valence-corrected chi connectivity index (χ0v) is 15.2. The van der Waals surface area contributed by atoms with Gasteiger partial charge in [-0.1, -0.05) is 12.1 Å². The van der Waals surface area contributed by atoms with Gasteiger partial charge in [0.2, 0.25) is 20.0 Å². The highest BCUT2D eigenvalue weighted by atomic mass is 32.2. The number of fused-ring (bicyclic) bond motifs is 1. The van der Waals surface area contributed by atoms with Crippen LogP contribution in [0.5, 0.6) is 0 Å². The molecule has 0 aliphatic heterocycles. The Labute approximate surface area is 153 Å². The maximum Gasteiger partial charge on any atom is 0.314 e. The minimum atomic E-state index is -3.97. The van der Waals surface area contributed by atoms with Gasteiger partial charge in [0.1, 0.15) is 0 Å². The molecule has 0 atom stereocenters. The number of primary sulfonamides is 1. The van der Waals surface area contributed by atoms with E-state index in [1.807, 2.05) is 0 Å². The van der Waals surface area contributed by atoms with Crippen LogP contribution in [0.1, 0.15) is 5.56 Å². The van der Waals surface area contributed by atoms with Crippen LogP contribution in [-0.4, -0.2) is 26.8 Å². The number of H-pyrrole nitrogens is 2. The quantitative estimate of drug-likeness (QED) is 0.407. The molecule has 3 aromatic rings. The van der Waals surface area contributed by atoms with Crippen molar-refractivity contribution in [2.45, 2.75) is 16.3 Å². The van der Waals surface area contributed by atoms with Gasteiger partial charge in [-0.05, 0) is 35.9 Å². The summed E-state index contributed by atoms with van der Waals surface area (Å²) in [5.41, 5.74) is -0.919. The molecule has 0 saturated carbocycles. The molecule has 142 valence electrons. The summed E-state index contributed by atoms with van der Waals surface area (Å²) in [5, 5.41) is 5.05. The number of hydrogen-bond donors (Lipinski definition) is 4. The van der Waals surface area contributed by atoms with Crippen molar-refractivity contribution in [3.8, 4) is 0 Å². The SMILES string of the molecule is NS(=O)(=O)c1cccc(CNS(=O)(=O)c2ccc3[nH]c(=O)c(=O)[nH]c3c2)c1. The Morgan fingerprint density at radius 3 is 2.19 bits per heavy atom. The zero-order chi connectivity index (χ0) is 19.8. The maximum atomic E-state index is 12.5. The van der Waals surface area contributed by atoms with Gasteiger partial charge in [0.05, 0.1) is 20.8 Å². The standard InChI is InChI=1S/C15H14N4O6S2/c16-26(22,23)10-3-1-2-9(6-10)8-17-27(24,25)11-4-5-12-13(7-11)19-15(21)14(20)18-12/h1-7,17H,8H2,(H,18,20)(H,19,21)(H2,16,22,23). The Morgan fingerprint density at radius 2 is 1.52 bits per heavy atom. The summed E-state index contributed by atoms with van der Waals surface area (Å²) >= 11 is 0. The van der Waals surface area contributed by atoms with Crippen molar-refractivity contribution in [1.29, 1.82) is 0 Å². The fourth-order valence-electron chi connectivity index (χ4n) is 2.36. The van der Waals surface area contributed by atoms with Crippen molar-refractivity contribution in [1.82, 2.24) is 14.7 Å². The third kappa shape index (κ3) is 4.14. The Balaban J connectivity index is 1.89. The molecule has 0 radical (unpaired) electrons. The Bertz CT molecular complexity index is 1360. The van der Waals surface area contributed by atoms with E-state index in [4.69, 9.17) is 5.14 Å². The average molecular weight is 410 g/mol. The van der Waals surface area contributed by atoms with Gasteiger partial charge in [0.25, 0.3) is 0 Å². The maximum absolute atomic E-state index is 12.5. The number of nitrogens with one attached hydrogen (secondary N) is 3. The first kappa shape index (κ1) is 19.0. The second-order valence-electron chi connectivity index (χ2n) is 5.63. The number of benzene rings is 2. The van der Waals surface area contributed by atoms with E-state index in [1.165, 1.54) is 36.4 Å². The van der Waals surface area contributed by atoms with Crippen LogP contribution < -0.4 is 21.0 Å². The van der Waals surface area contributed by atoms with E-state index in [0.29, 0.717) is 5.56 Å². The van der Waals surface area contributed by atoms with Crippen LogP contribution in [0, 0.1) is 0 Å². The summed E-state index contributed by atoms with van der Waals surface area (Å²) in [5.74, 6) is 0. The lowest BCUT2D eigenvalue weighted by atomic mass is 10.2. The van der Waals surface area contributed by atoms with Crippen molar-refractivity contribution in [3.63, 3.8) is 0 Å². The van der Waals surface area contributed by atoms with E-state index in [0.717, 1.165) is 0 Å². The van der Waals surface area contributed by atoms with Crippen LogP contribution >= 0.6 is 0 Å². The lowest BCUT2D eigenvalue weighted by Crippen LogP contribution is -2.29. The molecule has 0 saturated heterocycles. The Hall–Kier alpha value is -2.80. The van der Waals surface area contributed by atoms with Crippen molar-refractivity contribution in [3.05, 3.63) is 68.7 Å². The van der Waals surface area contributed by atoms with Gasteiger partial charge in [0.15, 0.2) is 0 Å². The van der Waals surface area contributed by atoms with E-state index in [9.17, 15) is 26.4 Å². The van der Waals surface area contributed by atoms with Crippen molar-refractivity contribution >= 4 is 31.1 Å². The highest BCUT2D eigenvalue weighted by molar-refractivity contribution is 7.89. The van der Waals surface area contributed by atoms with Gasteiger partial charge in [-0.3, -0.25) is 9.59 Å². The molecule has 0 aliphatic rings. The molecule has 0 bridgehead atoms. The summed E-state index contributed by atoms with van der Waals surface area (Å²) in [6.07, 6.45) is 0. The molecule has 12 heteroatoms. The highest BCUT2D eigenvalue weighted by Crippen LogP contribution is 2.15. The minimum Gasteiger partial charge on any atom is -0.316 e. The number of nitrogens with two attached hydrogens (primary N) is 1. The summed E-state index contributed by atoms with van der Waals surface area (Å²) in [4.78, 5) is 27.0. The van der Waals surface area contributed by atoms with Crippen LogP contribution in [0.3, 0.4) is 0 Å². The first-order valence-corrected chi connectivity index (χ1v) is 10.5. The van der Waals surface area contributed by atoms with Crippen LogP contribution in [-0.2, 0) is 26.6 Å². The first-order valence-electron chi connectivity index (χ1n) is 7.44. The third-order valence-corrected chi connectivity index (χ3v) is 6.01. The smallest absolute Gasteiger partial charge is 0.314 e. The molecule has 10 nitrogen and oxygen atoms in total. The van der Waals surface area contributed by atoms with Crippen LogP contribution in [0.15, 0.2) is 61.8 Å². The van der Waals surface area contributed by atoms with E-state index in [1.54, 1.807) is 6.07 Å². The molecule has 5 N–H and O–H groups in total. The Kier molecular flexibility index (Phi) is 4.73. The summed E-state index contributed by atoms with van der Waals surface area (Å²) < 4.78 is 50.0. The van der Waals surface area contributed by atoms with Crippen LogP contribution in [0.25, 0.3) is 11.0 Å². The summed E-state index contributed by atoms with van der Waals surface area (Å²) in [7, 11) is -7.87. The predicted molar refractivity (Wildman–Crippen MR) is 97.0 cm³/mol. The number of aromatic nitrogens is 2. The molecular formula is C15H14N4O6S2. The second kappa shape index (κ2) is 6.74. The van der Waals surface area contributed by atoms with Crippen molar-refractivity contribution < 1.29 is 16.8 Å². The lowest BCUT2D eigenvalue weighted by molar-refractivity contribution is 0.581. The van der Waals surface area contributed by atoms with Gasteiger partial charge in [-0.15, -0.1) is 0 Å². The molecule has 27 heavy (non-hydrogen) atoms. The Morgan fingerprint density at radius 1 is 0.852 bits per heavy atom. The number of sulfonamides is 2. The average Bonchev–Trinajstić information content (AvgIpc) is 2.60. The zero-order valence-electron chi connectivity index (χ0n) is 13.6. The monoisotopic (exact) mass is 410 g/mol. The molecule has 1 heterocycles. The first-order chi connectivity index (χ1) is 12.6. The summed E-state index contributed by atoms with van der Waals surface area (Å²) in [6.45, 7) is -0.175. The number of aromatic amines is 2. The van der Waals surface area contributed by atoms with E-state index >= 15 is 0 Å². The van der Waals surface area contributed by atoms with Crippen molar-refractivity contribution in [2.24, 2.45) is 5.14 Å². The van der Waals surface area contributed by atoms with Crippen LogP contribution in [0.4, 0.5) is 0 Å². The molecule has 0 fully saturated rings. The van der Waals surface area contributed by atoms with Crippen molar-refractivity contribution in [2.75, 3.05) is 0 Å². The molecule has 0 spiro atoms. The topological polar surface area (TPSA) is 172 Å². The minimum absolute atomic E-state index is 0.133. The second-order valence-corrected chi connectivity index (χ2v) is 8.96. The van der Waals surface area contributed by atoms with Gasteiger partial charge in [0, 0.05) is 6.54 Å². The largest absolute Gasteiger partial charge is 0.316 e. The highest BCUT2D eigenvalue weighted by Gasteiger charge is 2.16. The molecular weight excluding hydrogens is 396 g/mol. The molecule has 2 aromatic carbocycles. The summed E-state index contributed by atoms with van der Waals surface area (Å²) in [6, 6.07) is 9.37. The lowest BCUT2D eigenvalue weighted by Gasteiger charge is -2.08. The molecule has 0 amide bonds. The fourth-order valence-corrected chi connectivity index (χ4v) is 3.98. The third-order valence-electron chi connectivity index (χ3n) is 3.70. The molecule has 0 aliphatic carbocycles. The van der Waals surface area contributed by atoms with E-state index in [-0.39, 0.29) is 27.4 Å². The number of rotatable bonds is 5. The van der Waals surface area contributed by atoms with Gasteiger partial charge in [-0.25, -0.2) is 26.7 Å². The van der Waals surface area contributed by atoms with E-state index < -0.39 is 31.2 Å². The molecule has 0 unspecified atom stereocenters. The van der Waals surface area contributed by atoms with Gasteiger partial charge >= 0.3 is 11.1 Å². The van der Waals surface area contributed by atoms with Gasteiger partial charge in [-0.2, -0.15) is 0 Å². The predicted octanol–water partition coefficient (Wildman–Crippen LogP) is -0.658. The fraction of sp³-hybridized carbons (Fsp3) is 0.0667. The van der Waals surface area contributed by atoms with Gasteiger partial charge < -0.3 is 9.97 Å².